The van der Waals surface area contributed by atoms with Crippen molar-refractivity contribution in [3.63, 3.8) is 0 Å². The van der Waals surface area contributed by atoms with Crippen molar-refractivity contribution in [2.24, 2.45) is 10.9 Å². The SMILES string of the molecule is CON=C(C(=O)N[C@H]1C(=O)N2C(C(=O)O[C@@H](C)OC(C)=O)=C(COC(N)=O)CS[C@@H]12)c1ccco1. The van der Waals surface area contributed by atoms with Crippen molar-refractivity contribution in [1.82, 2.24) is 10.2 Å². The number of hydrogen-bond acceptors (Lipinski definition) is 12. The second-order valence-corrected chi connectivity index (χ2v) is 8.21. The normalized spacial score (nSPS) is 20.3. The lowest BCUT2D eigenvalue weighted by atomic mass is 10.0. The van der Waals surface area contributed by atoms with Gasteiger partial charge in [0.25, 0.3) is 11.8 Å². The van der Waals surface area contributed by atoms with Gasteiger partial charge in [0.15, 0.2) is 5.76 Å². The van der Waals surface area contributed by atoms with Gasteiger partial charge in [-0.1, -0.05) is 5.16 Å². The van der Waals surface area contributed by atoms with Crippen LogP contribution in [0.15, 0.2) is 39.2 Å². The number of rotatable bonds is 9. The van der Waals surface area contributed by atoms with E-state index in [1.165, 1.54) is 38.1 Å². The molecule has 0 bridgehead atoms. The zero-order valence-corrected chi connectivity index (χ0v) is 19.7. The smallest absolute Gasteiger partial charge is 0.404 e. The Morgan fingerprint density at radius 1 is 1.34 bits per heavy atom. The first-order valence-electron chi connectivity index (χ1n) is 10.1. The number of thioether (sulfide) groups is 1. The second-order valence-electron chi connectivity index (χ2n) is 7.10. The molecule has 3 heterocycles. The lowest BCUT2D eigenvalue weighted by Gasteiger charge is -2.49. The van der Waals surface area contributed by atoms with Crippen LogP contribution in [0.5, 0.6) is 0 Å². The van der Waals surface area contributed by atoms with Crippen LogP contribution in [-0.2, 0) is 38.2 Å². The van der Waals surface area contributed by atoms with Gasteiger partial charge in [0.05, 0.1) is 6.26 Å². The molecule has 1 fully saturated rings. The van der Waals surface area contributed by atoms with E-state index in [0.29, 0.717) is 0 Å². The molecule has 14 nitrogen and oxygen atoms in total. The van der Waals surface area contributed by atoms with Crippen LogP contribution in [0.2, 0.25) is 0 Å². The summed E-state index contributed by atoms with van der Waals surface area (Å²) in [6.45, 7) is 2.09. The van der Waals surface area contributed by atoms with E-state index in [-0.39, 0.29) is 35.1 Å². The molecule has 2 aliphatic heterocycles. The Morgan fingerprint density at radius 3 is 2.69 bits per heavy atom. The zero-order chi connectivity index (χ0) is 25.7. The molecule has 0 spiro atoms. The zero-order valence-electron chi connectivity index (χ0n) is 18.8. The molecule has 35 heavy (non-hydrogen) atoms. The Hall–Kier alpha value is -4.01. The summed E-state index contributed by atoms with van der Waals surface area (Å²) >= 11 is 1.21. The Labute approximate surface area is 202 Å². The van der Waals surface area contributed by atoms with E-state index in [0.717, 1.165) is 11.8 Å². The van der Waals surface area contributed by atoms with Gasteiger partial charge in [-0.3, -0.25) is 19.3 Å². The molecule has 15 heteroatoms. The quantitative estimate of drug-likeness (QED) is 0.147. The van der Waals surface area contributed by atoms with Crippen molar-refractivity contribution in [1.29, 1.82) is 0 Å². The van der Waals surface area contributed by atoms with Gasteiger partial charge >= 0.3 is 18.0 Å². The topological polar surface area (TPSA) is 189 Å². The highest BCUT2D eigenvalue weighted by molar-refractivity contribution is 8.00. The first-order chi connectivity index (χ1) is 16.6. The highest BCUT2D eigenvalue weighted by atomic mass is 32.2. The summed E-state index contributed by atoms with van der Waals surface area (Å²) in [5, 5.41) is 5.53. The number of hydrogen-bond donors (Lipinski definition) is 2. The van der Waals surface area contributed by atoms with E-state index in [2.05, 4.69) is 10.5 Å². The summed E-state index contributed by atoms with van der Waals surface area (Å²) in [4.78, 5) is 66.7. The van der Waals surface area contributed by atoms with Crippen molar-refractivity contribution < 1.29 is 47.4 Å². The fourth-order valence-electron chi connectivity index (χ4n) is 3.32. The number of ether oxygens (including phenoxy) is 3. The highest BCUT2D eigenvalue weighted by Gasteiger charge is 2.55. The van der Waals surface area contributed by atoms with Crippen LogP contribution in [0.1, 0.15) is 19.6 Å². The van der Waals surface area contributed by atoms with E-state index >= 15 is 0 Å². The molecule has 0 radical (unpaired) electrons. The molecule has 3 atom stereocenters. The minimum atomic E-state index is -1.24. The Bertz CT molecular complexity index is 1080. The van der Waals surface area contributed by atoms with Gasteiger partial charge in [0.1, 0.15) is 30.8 Å². The third-order valence-electron chi connectivity index (χ3n) is 4.67. The number of carbonyl (C=O) groups excluding carboxylic acids is 5. The third kappa shape index (κ3) is 5.74. The summed E-state index contributed by atoms with van der Waals surface area (Å²) in [6.07, 6.45) is -0.976. The molecule has 2 aliphatic rings. The monoisotopic (exact) mass is 510 g/mol. The number of nitrogens with zero attached hydrogens (tertiary/aromatic N) is 2. The molecular weight excluding hydrogens is 488 g/mol. The minimum absolute atomic E-state index is 0.124. The number of amides is 3. The van der Waals surface area contributed by atoms with E-state index in [1.54, 1.807) is 6.07 Å². The number of carbonyl (C=O) groups is 5. The number of oxime groups is 1. The van der Waals surface area contributed by atoms with Crippen LogP contribution in [0.3, 0.4) is 0 Å². The van der Waals surface area contributed by atoms with E-state index in [4.69, 9.17) is 29.2 Å². The van der Waals surface area contributed by atoms with Gasteiger partial charge in [0, 0.05) is 25.2 Å². The fraction of sp³-hybridized carbons (Fsp3) is 0.400. The van der Waals surface area contributed by atoms with E-state index in [9.17, 15) is 24.0 Å². The maximum atomic E-state index is 13.0. The first kappa shape index (κ1) is 25.6. The molecular formula is C20H22N4O10S. The number of primary amides is 1. The molecule has 1 aromatic rings. The van der Waals surface area contributed by atoms with Crippen LogP contribution in [0.4, 0.5) is 4.79 Å². The van der Waals surface area contributed by atoms with Crippen LogP contribution in [-0.4, -0.2) is 77.6 Å². The fourth-order valence-corrected chi connectivity index (χ4v) is 4.65. The van der Waals surface area contributed by atoms with Crippen LogP contribution in [0, 0.1) is 0 Å². The van der Waals surface area contributed by atoms with Gasteiger partial charge in [-0.15, -0.1) is 11.8 Å². The summed E-state index contributed by atoms with van der Waals surface area (Å²) < 4.78 is 19.9. The number of fused-ring (bicyclic) bond motifs is 1. The van der Waals surface area contributed by atoms with Gasteiger partial charge < -0.3 is 34.5 Å². The Morgan fingerprint density at radius 2 is 2.09 bits per heavy atom. The molecule has 188 valence electrons. The minimum Gasteiger partial charge on any atom is -0.462 e. The van der Waals surface area contributed by atoms with Gasteiger partial charge in [-0.25, -0.2) is 9.59 Å². The van der Waals surface area contributed by atoms with E-state index < -0.39 is 47.6 Å². The van der Waals surface area contributed by atoms with Crippen molar-refractivity contribution >= 4 is 47.3 Å². The summed E-state index contributed by atoms with van der Waals surface area (Å²) in [6, 6.07) is 2.03. The predicted molar refractivity (Wildman–Crippen MR) is 117 cm³/mol. The van der Waals surface area contributed by atoms with Crippen LogP contribution >= 0.6 is 11.8 Å². The average Bonchev–Trinajstić information content (AvgIpc) is 3.32. The first-order valence-corrected chi connectivity index (χ1v) is 11.1. The summed E-state index contributed by atoms with van der Waals surface area (Å²) in [5.41, 5.74) is 4.89. The summed E-state index contributed by atoms with van der Waals surface area (Å²) in [7, 11) is 1.25. The maximum absolute atomic E-state index is 13.0. The number of nitrogens with one attached hydrogen (secondary N) is 1. The number of furan rings is 1. The molecule has 1 saturated heterocycles. The Balaban J connectivity index is 1.80. The maximum Gasteiger partial charge on any atom is 0.404 e. The van der Waals surface area contributed by atoms with Gasteiger partial charge in [-0.05, 0) is 12.1 Å². The highest BCUT2D eigenvalue weighted by Crippen LogP contribution is 2.41. The van der Waals surface area contributed by atoms with Gasteiger partial charge in [0.2, 0.25) is 12.0 Å². The van der Waals surface area contributed by atoms with Gasteiger partial charge in [-0.2, -0.15) is 0 Å². The molecule has 3 rings (SSSR count). The second kappa shape index (κ2) is 10.9. The molecule has 0 unspecified atom stereocenters. The molecule has 3 N–H and O–H groups in total. The van der Waals surface area contributed by atoms with Crippen molar-refractivity contribution in [3.8, 4) is 0 Å². The molecule has 0 aliphatic carbocycles. The van der Waals surface area contributed by atoms with E-state index in [1.807, 2.05) is 0 Å². The lowest BCUT2D eigenvalue weighted by molar-refractivity contribution is -0.182. The molecule has 0 saturated carbocycles. The lowest BCUT2D eigenvalue weighted by Crippen LogP contribution is -2.71. The number of β-lactam (4-membered cyclic amide) rings is 1. The van der Waals surface area contributed by atoms with Crippen LogP contribution < -0.4 is 11.1 Å². The number of nitrogens with two attached hydrogens (primary N) is 1. The van der Waals surface area contributed by atoms with Crippen molar-refractivity contribution in [2.75, 3.05) is 19.5 Å². The molecule has 0 aromatic carbocycles. The van der Waals surface area contributed by atoms with Crippen LogP contribution in [0.25, 0.3) is 0 Å². The standard InChI is InChI=1S/C20H22N4O10S/c1-9(25)33-10(2)34-19(28)15-11(7-32-20(21)29)8-35-18-14(17(27)24(15)18)22-16(26)13(23-30-3)12-5-4-6-31-12/h4-6,10,14,18H,7-8H2,1-3H3,(H2,21,29)(H,22,26)/t10-,14-,18-/m0/s1. The Kier molecular flexibility index (Phi) is 8.01. The van der Waals surface area contributed by atoms with Crippen molar-refractivity contribution in [2.45, 2.75) is 31.6 Å². The largest absolute Gasteiger partial charge is 0.462 e. The average molecular weight is 510 g/mol. The molecule has 3 amide bonds. The molecule has 1 aromatic heterocycles. The number of esters is 2. The third-order valence-corrected chi connectivity index (χ3v) is 6.01. The predicted octanol–water partition coefficient (Wildman–Crippen LogP) is -0.168. The summed E-state index contributed by atoms with van der Waals surface area (Å²) in [5.74, 6) is -2.75. The van der Waals surface area contributed by atoms with Crippen molar-refractivity contribution in [3.05, 3.63) is 35.4 Å².